The van der Waals surface area contributed by atoms with Gasteiger partial charge in [-0.1, -0.05) is 12.1 Å². The summed E-state index contributed by atoms with van der Waals surface area (Å²) in [5.74, 6) is 0.376. The molecule has 1 aliphatic carbocycles. The van der Waals surface area contributed by atoms with Gasteiger partial charge in [-0.3, -0.25) is 14.7 Å². The second-order valence-corrected chi connectivity index (χ2v) is 9.47. The van der Waals surface area contributed by atoms with Crippen LogP contribution in [0.3, 0.4) is 0 Å². The number of carbonyl (C=O) groups is 2. The molecule has 1 saturated carbocycles. The number of aromatic nitrogens is 2. The third-order valence-electron chi connectivity index (χ3n) is 6.88. The van der Waals surface area contributed by atoms with Gasteiger partial charge in [0.05, 0.1) is 23.7 Å². The van der Waals surface area contributed by atoms with Gasteiger partial charge in [-0.2, -0.15) is 13.2 Å². The molecule has 1 aromatic heterocycles. The standard InChI is InChI=1S/C24H26F3N5O4/c25-24(26,27)16-3-1-2-15(8-16)21(30-23(34)35)22(33)32-7-6-31-13-18(9-17(31)12-32)36-20-11-28-19(10-29-20)14-4-5-14/h1-3,8,10-11,14,17-18,21,30H,4-7,9,12-13H2,(H,34,35)/t17-,18+,21?/m0/s1. The number of halogens is 3. The van der Waals surface area contributed by atoms with E-state index < -0.39 is 29.8 Å². The second-order valence-electron chi connectivity index (χ2n) is 9.47. The SMILES string of the molecule is O=C(O)NC(C(=O)N1CCN2C[C@H](Oc3cnc(C4CC4)cn3)C[C@H]2C1)c1cccc(C(F)(F)F)c1. The van der Waals surface area contributed by atoms with E-state index in [1.54, 1.807) is 12.4 Å². The Bertz CT molecular complexity index is 1130. The smallest absolute Gasteiger partial charge is 0.416 e. The van der Waals surface area contributed by atoms with Crippen molar-refractivity contribution in [2.24, 2.45) is 0 Å². The molecule has 2 amide bonds. The fourth-order valence-corrected chi connectivity index (χ4v) is 4.92. The summed E-state index contributed by atoms with van der Waals surface area (Å²) in [5.41, 5.74) is -0.0231. The maximum Gasteiger partial charge on any atom is 0.416 e. The van der Waals surface area contributed by atoms with E-state index in [0.29, 0.717) is 44.4 Å². The molecule has 0 bridgehead atoms. The zero-order valence-electron chi connectivity index (χ0n) is 19.3. The number of piperazine rings is 1. The lowest BCUT2D eigenvalue weighted by atomic mass is 10.0. The second kappa shape index (κ2) is 9.57. The molecule has 192 valence electrons. The highest BCUT2D eigenvalue weighted by Crippen LogP contribution is 2.38. The van der Waals surface area contributed by atoms with Crippen LogP contribution >= 0.6 is 0 Å². The molecule has 2 saturated heterocycles. The molecule has 2 aromatic rings. The molecule has 3 fully saturated rings. The van der Waals surface area contributed by atoms with Crippen LogP contribution in [0.15, 0.2) is 36.7 Å². The average Bonchev–Trinajstić information content (AvgIpc) is 3.61. The Kier molecular flexibility index (Phi) is 6.45. The van der Waals surface area contributed by atoms with E-state index in [0.717, 1.165) is 30.7 Å². The van der Waals surface area contributed by atoms with Crippen LogP contribution in [0.1, 0.15) is 48.0 Å². The highest BCUT2D eigenvalue weighted by atomic mass is 19.4. The highest BCUT2D eigenvalue weighted by molar-refractivity contribution is 5.86. The van der Waals surface area contributed by atoms with E-state index in [-0.39, 0.29) is 17.7 Å². The highest BCUT2D eigenvalue weighted by Gasteiger charge is 2.41. The van der Waals surface area contributed by atoms with Crippen LogP contribution in [-0.4, -0.2) is 75.2 Å². The molecule has 2 N–H and O–H groups in total. The number of fused-ring (bicyclic) bond motifs is 1. The fraction of sp³-hybridized carbons (Fsp3) is 0.500. The van der Waals surface area contributed by atoms with Gasteiger partial charge in [-0.25, -0.2) is 9.78 Å². The summed E-state index contributed by atoms with van der Waals surface area (Å²) >= 11 is 0. The maximum atomic E-state index is 13.3. The number of nitrogens with one attached hydrogen (secondary N) is 1. The Balaban J connectivity index is 1.24. The minimum absolute atomic E-state index is 0.0154. The van der Waals surface area contributed by atoms with Gasteiger partial charge in [0.15, 0.2) is 0 Å². The summed E-state index contributed by atoms with van der Waals surface area (Å²) in [6, 6.07) is 2.72. The largest absolute Gasteiger partial charge is 0.472 e. The molecule has 9 nitrogen and oxygen atoms in total. The average molecular weight is 505 g/mol. The molecular weight excluding hydrogens is 479 g/mol. The Hall–Kier alpha value is -3.41. The molecule has 36 heavy (non-hydrogen) atoms. The van der Waals surface area contributed by atoms with Gasteiger partial charge in [-0.15, -0.1) is 0 Å². The number of carbonyl (C=O) groups excluding carboxylic acids is 1. The van der Waals surface area contributed by atoms with Crippen molar-refractivity contribution in [1.82, 2.24) is 25.1 Å². The Labute approximate surface area is 205 Å². The molecule has 3 heterocycles. The van der Waals surface area contributed by atoms with Crippen LogP contribution in [0.25, 0.3) is 0 Å². The van der Waals surface area contributed by atoms with Crippen molar-refractivity contribution in [3.8, 4) is 5.88 Å². The van der Waals surface area contributed by atoms with Gasteiger partial charge >= 0.3 is 12.3 Å². The fourth-order valence-electron chi connectivity index (χ4n) is 4.92. The van der Waals surface area contributed by atoms with Crippen molar-refractivity contribution in [2.45, 2.75) is 49.5 Å². The van der Waals surface area contributed by atoms with Crippen molar-refractivity contribution in [3.63, 3.8) is 0 Å². The van der Waals surface area contributed by atoms with Crippen molar-refractivity contribution in [3.05, 3.63) is 53.5 Å². The van der Waals surface area contributed by atoms with Crippen molar-refractivity contribution >= 4 is 12.0 Å². The third kappa shape index (κ3) is 5.38. The number of amides is 2. The lowest BCUT2D eigenvalue weighted by Gasteiger charge is -2.38. The summed E-state index contributed by atoms with van der Waals surface area (Å²) in [6.07, 6.45) is 0.0583. The third-order valence-corrected chi connectivity index (χ3v) is 6.88. The molecule has 3 aliphatic rings. The lowest BCUT2D eigenvalue weighted by molar-refractivity contribution is -0.138. The number of rotatable bonds is 6. The van der Waals surface area contributed by atoms with Gasteiger partial charge in [0.25, 0.3) is 0 Å². The van der Waals surface area contributed by atoms with E-state index in [9.17, 15) is 27.9 Å². The van der Waals surface area contributed by atoms with E-state index in [1.165, 1.54) is 17.0 Å². The van der Waals surface area contributed by atoms with Crippen molar-refractivity contribution in [1.29, 1.82) is 0 Å². The minimum Gasteiger partial charge on any atom is -0.472 e. The summed E-state index contributed by atoms with van der Waals surface area (Å²) in [6.45, 7) is 1.85. The van der Waals surface area contributed by atoms with Crippen LogP contribution in [0, 0.1) is 0 Å². The van der Waals surface area contributed by atoms with Crippen molar-refractivity contribution < 1.29 is 32.6 Å². The Morgan fingerprint density at radius 2 is 1.94 bits per heavy atom. The molecule has 2 aliphatic heterocycles. The lowest BCUT2D eigenvalue weighted by Crippen LogP contribution is -2.54. The molecule has 1 aromatic carbocycles. The van der Waals surface area contributed by atoms with E-state index >= 15 is 0 Å². The van der Waals surface area contributed by atoms with E-state index in [4.69, 9.17) is 4.74 Å². The number of benzene rings is 1. The Morgan fingerprint density at radius 3 is 2.61 bits per heavy atom. The molecule has 0 radical (unpaired) electrons. The summed E-state index contributed by atoms with van der Waals surface area (Å²) in [7, 11) is 0. The van der Waals surface area contributed by atoms with Crippen LogP contribution in [0.4, 0.5) is 18.0 Å². The van der Waals surface area contributed by atoms with Gasteiger partial charge in [0, 0.05) is 44.6 Å². The number of alkyl halides is 3. The first-order valence-electron chi connectivity index (χ1n) is 11.9. The summed E-state index contributed by atoms with van der Waals surface area (Å²) in [4.78, 5) is 37.2. The van der Waals surface area contributed by atoms with Crippen LogP contribution in [-0.2, 0) is 11.0 Å². The quantitative estimate of drug-likeness (QED) is 0.621. The molecule has 5 rings (SSSR count). The number of nitrogens with zero attached hydrogens (tertiary/aromatic N) is 4. The van der Waals surface area contributed by atoms with Crippen LogP contribution in [0.5, 0.6) is 5.88 Å². The van der Waals surface area contributed by atoms with Gasteiger partial charge in [0.1, 0.15) is 12.1 Å². The predicted molar refractivity (Wildman–Crippen MR) is 120 cm³/mol. The first-order valence-corrected chi connectivity index (χ1v) is 11.9. The molecule has 1 unspecified atom stereocenters. The zero-order chi connectivity index (χ0) is 25.4. The normalized spacial score (nSPS) is 23.1. The van der Waals surface area contributed by atoms with Gasteiger partial charge < -0.3 is 20.1 Å². The topological polar surface area (TPSA) is 108 Å². The molecule has 3 atom stereocenters. The summed E-state index contributed by atoms with van der Waals surface area (Å²) < 4.78 is 45.6. The van der Waals surface area contributed by atoms with E-state index in [1.807, 2.05) is 0 Å². The predicted octanol–water partition coefficient (Wildman–Crippen LogP) is 3.05. The molecule has 0 spiro atoms. The van der Waals surface area contributed by atoms with Gasteiger partial charge in [0.2, 0.25) is 11.8 Å². The van der Waals surface area contributed by atoms with Crippen LogP contribution < -0.4 is 10.1 Å². The number of carboxylic acid groups (broad SMARTS) is 1. The number of hydrogen-bond donors (Lipinski definition) is 2. The van der Waals surface area contributed by atoms with E-state index in [2.05, 4.69) is 20.2 Å². The summed E-state index contributed by atoms with van der Waals surface area (Å²) in [5, 5.41) is 11.4. The zero-order valence-corrected chi connectivity index (χ0v) is 19.3. The first kappa shape index (κ1) is 24.3. The van der Waals surface area contributed by atoms with Crippen molar-refractivity contribution in [2.75, 3.05) is 26.2 Å². The first-order chi connectivity index (χ1) is 17.2. The maximum absolute atomic E-state index is 13.3. The molecule has 12 heteroatoms. The number of hydrogen-bond acceptors (Lipinski definition) is 6. The minimum atomic E-state index is -4.61. The van der Waals surface area contributed by atoms with Crippen LogP contribution in [0.2, 0.25) is 0 Å². The molecular formula is C24H26F3N5O4. The number of ether oxygens (including phenoxy) is 1. The monoisotopic (exact) mass is 505 g/mol. The van der Waals surface area contributed by atoms with Gasteiger partial charge in [-0.05, 0) is 30.5 Å². The Morgan fingerprint density at radius 1 is 1.14 bits per heavy atom.